The van der Waals surface area contributed by atoms with Gasteiger partial charge in [0.05, 0.1) is 12.7 Å². The number of aromatic amines is 1. The summed E-state index contributed by atoms with van der Waals surface area (Å²) in [5.41, 5.74) is 1.47. The number of nitrogens with one attached hydrogen (secondary N) is 1. The van der Waals surface area contributed by atoms with E-state index in [4.69, 9.17) is 0 Å². The van der Waals surface area contributed by atoms with E-state index < -0.39 is 0 Å². The molecular weight excluding hydrogens is 270 g/mol. The van der Waals surface area contributed by atoms with Gasteiger partial charge >= 0.3 is 5.97 Å². The molecule has 0 saturated carbocycles. The summed E-state index contributed by atoms with van der Waals surface area (Å²) < 4.78 is 5.62. The second-order valence-electron chi connectivity index (χ2n) is 2.89. The maximum atomic E-state index is 11.2. The Hall–Kier alpha value is -1.29. The fourth-order valence-corrected chi connectivity index (χ4v) is 1.80. The summed E-state index contributed by atoms with van der Waals surface area (Å²) in [5, 5.41) is 1.05. The molecule has 0 aliphatic carbocycles. The predicted octanol–water partition coefficient (Wildman–Crippen LogP) is 3.74. The monoisotopic (exact) mass is 283 g/mol. The van der Waals surface area contributed by atoms with Crippen LogP contribution in [0.5, 0.6) is 0 Å². The molecule has 0 spiro atoms. The lowest BCUT2D eigenvalue weighted by molar-refractivity contribution is 0.0601. The number of benzene rings is 1. The van der Waals surface area contributed by atoms with Crippen molar-refractivity contribution in [3.63, 3.8) is 0 Å². The summed E-state index contributed by atoms with van der Waals surface area (Å²) in [7, 11) is 1.37. The average molecular weight is 284 g/mol. The van der Waals surface area contributed by atoms with Crippen molar-refractivity contribution in [1.29, 1.82) is 0 Å². The number of H-pyrrole nitrogens is 1. The Morgan fingerprint density at radius 1 is 1.38 bits per heavy atom. The number of ether oxygens (including phenoxy) is 1. The molecule has 0 atom stereocenters. The minimum absolute atomic E-state index is 0.322. The summed E-state index contributed by atoms with van der Waals surface area (Å²) in [6.45, 7) is 4.00. The van der Waals surface area contributed by atoms with Gasteiger partial charge < -0.3 is 9.72 Å². The Morgan fingerprint density at radius 3 is 2.69 bits per heavy atom. The second-order valence-corrected chi connectivity index (χ2v) is 3.74. The van der Waals surface area contributed by atoms with E-state index in [1.165, 1.54) is 7.11 Å². The van der Waals surface area contributed by atoms with Crippen LogP contribution in [0.25, 0.3) is 10.9 Å². The zero-order valence-electron chi connectivity index (χ0n) is 9.50. The Balaban J connectivity index is 0.000000606. The topological polar surface area (TPSA) is 42.1 Å². The van der Waals surface area contributed by atoms with Crippen LogP contribution >= 0.6 is 15.9 Å². The van der Waals surface area contributed by atoms with Gasteiger partial charge in [0, 0.05) is 21.6 Å². The fourth-order valence-electron chi connectivity index (χ4n) is 1.34. The summed E-state index contributed by atoms with van der Waals surface area (Å²) in [6, 6.07) is 5.39. The van der Waals surface area contributed by atoms with Crippen LogP contribution in [0.15, 0.2) is 28.9 Å². The van der Waals surface area contributed by atoms with Crippen LogP contribution < -0.4 is 0 Å². The molecule has 1 aromatic carbocycles. The Labute approximate surface area is 103 Å². The summed E-state index contributed by atoms with van der Waals surface area (Å²) in [4.78, 5) is 14.3. The number of methoxy groups -OCH3 is 1. The van der Waals surface area contributed by atoms with Crippen molar-refractivity contribution < 1.29 is 9.53 Å². The number of halogens is 1. The number of hydrogen-bond acceptors (Lipinski definition) is 2. The highest BCUT2D eigenvalue weighted by Gasteiger charge is 2.07. The second kappa shape index (κ2) is 5.70. The van der Waals surface area contributed by atoms with Crippen molar-refractivity contribution >= 4 is 32.8 Å². The number of rotatable bonds is 1. The van der Waals surface area contributed by atoms with Crippen LogP contribution in [0.4, 0.5) is 0 Å². The molecule has 2 aromatic rings. The predicted molar refractivity (Wildman–Crippen MR) is 68.7 cm³/mol. The minimum atomic E-state index is -0.322. The first-order valence-electron chi connectivity index (χ1n) is 5.07. The average Bonchev–Trinajstić information content (AvgIpc) is 2.72. The van der Waals surface area contributed by atoms with Gasteiger partial charge in [0.1, 0.15) is 0 Å². The van der Waals surface area contributed by atoms with E-state index >= 15 is 0 Å². The highest BCUT2D eigenvalue weighted by atomic mass is 79.9. The molecule has 1 aromatic heterocycles. The third-order valence-electron chi connectivity index (χ3n) is 2.05. The van der Waals surface area contributed by atoms with Crippen molar-refractivity contribution in [3.8, 4) is 0 Å². The van der Waals surface area contributed by atoms with Crippen LogP contribution in [0, 0.1) is 0 Å². The molecule has 1 N–H and O–H groups in total. The lowest BCUT2D eigenvalue weighted by atomic mass is 10.2. The Morgan fingerprint density at radius 2 is 2.06 bits per heavy atom. The van der Waals surface area contributed by atoms with E-state index in [2.05, 4.69) is 25.7 Å². The molecule has 16 heavy (non-hydrogen) atoms. The summed E-state index contributed by atoms with van der Waals surface area (Å²) in [6.07, 6.45) is 1.84. The van der Waals surface area contributed by atoms with Gasteiger partial charge in [-0.2, -0.15) is 0 Å². The molecule has 4 heteroatoms. The third kappa shape index (κ3) is 2.44. The summed E-state index contributed by atoms with van der Waals surface area (Å²) >= 11 is 3.40. The van der Waals surface area contributed by atoms with Crippen molar-refractivity contribution in [2.75, 3.05) is 7.11 Å². The van der Waals surface area contributed by atoms with E-state index in [1.807, 2.05) is 26.1 Å². The van der Waals surface area contributed by atoms with Gasteiger partial charge in [0.2, 0.25) is 0 Å². The minimum Gasteiger partial charge on any atom is -0.465 e. The van der Waals surface area contributed by atoms with E-state index in [0.717, 1.165) is 15.4 Å². The molecule has 0 aliphatic heterocycles. The number of hydrogen-bond donors (Lipinski definition) is 1. The largest absolute Gasteiger partial charge is 0.465 e. The first kappa shape index (κ1) is 12.8. The van der Waals surface area contributed by atoms with Crippen molar-refractivity contribution in [2.24, 2.45) is 0 Å². The van der Waals surface area contributed by atoms with Gasteiger partial charge in [-0.15, -0.1) is 0 Å². The van der Waals surface area contributed by atoms with E-state index in [0.29, 0.717) is 5.56 Å². The van der Waals surface area contributed by atoms with Gasteiger partial charge in [-0.25, -0.2) is 4.79 Å². The zero-order chi connectivity index (χ0) is 12.1. The number of aromatic nitrogens is 1. The van der Waals surface area contributed by atoms with Gasteiger partial charge in [-0.05, 0) is 28.1 Å². The van der Waals surface area contributed by atoms with E-state index in [1.54, 1.807) is 12.1 Å². The molecule has 0 radical (unpaired) electrons. The zero-order valence-corrected chi connectivity index (χ0v) is 11.1. The maximum absolute atomic E-state index is 11.2. The molecule has 0 unspecified atom stereocenters. The summed E-state index contributed by atoms with van der Waals surface area (Å²) in [5.74, 6) is -0.322. The lowest BCUT2D eigenvalue weighted by Gasteiger charge is -1.98. The Kier molecular flexibility index (Phi) is 4.55. The number of esters is 1. The Bertz CT molecular complexity index is 491. The van der Waals surface area contributed by atoms with Crippen LogP contribution in [0.3, 0.4) is 0 Å². The van der Waals surface area contributed by atoms with Crippen molar-refractivity contribution in [1.82, 2.24) is 4.98 Å². The number of carbonyl (C=O) groups is 1. The molecule has 0 aliphatic rings. The quantitative estimate of drug-likeness (QED) is 0.810. The van der Waals surface area contributed by atoms with Crippen LogP contribution in [-0.4, -0.2) is 18.1 Å². The first-order valence-corrected chi connectivity index (χ1v) is 5.86. The van der Waals surface area contributed by atoms with Gasteiger partial charge in [-0.1, -0.05) is 19.9 Å². The molecular formula is C12H14BrNO2. The molecule has 0 fully saturated rings. The van der Waals surface area contributed by atoms with E-state index in [-0.39, 0.29) is 5.97 Å². The highest BCUT2D eigenvalue weighted by Crippen LogP contribution is 2.24. The van der Waals surface area contributed by atoms with Crippen LogP contribution in [0.1, 0.15) is 24.2 Å². The third-order valence-corrected chi connectivity index (χ3v) is 2.71. The fraction of sp³-hybridized carbons (Fsp3) is 0.250. The van der Waals surface area contributed by atoms with Crippen molar-refractivity contribution in [2.45, 2.75) is 13.8 Å². The number of carbonyl (C=O) groups excluding carboxylic acids is 1. The first-order chi connectivity index (χ1) is 7.72. The molecule has 3 nitrogen and oxygen atoms in total. The van der Waals surface area contributed by atoms with Crippen LogP contribution in [0.2, 0.25) is 0 Å². The SMILES string of the molecule is CC.COC(=O)c1ccc2c(Br)c[nH]c2c1. The van der Waals surface area contributed by atoms with Crippen molar-refractivity contribution in [3.05, 3.63) is 34.4 Å². The lowest BCUT2D eigenvalue weighted by Crippen LogP contribution is -2.00. The molecule has 0 saturated heterocycles. The molecule has 2 rings (SSSR count). The molecule has 1 heterocycles. The normalized spacial score (nSPS) is 9.50. The number of fused-ring (bicyclic) bond motifs is 1. The smallest absolute Gasteiger partial charge is 0.337 e. The van der Waals surface area contributed by atoms with E-state index in [9.17, 15) is 4.79 Å². The van der Waals surface area contributed by atoms with Crippen LogP contribution in [-0.2, 0) is 4.74 Å². The molecule has 0 bridgehead atoms. The van der Waals surface area contributed by atoms with Gasteiger partial charge in [0.15, 0.2) is 0 Å². The highest BCUT2D eigenvalue weighted by molar-refractivity contribution is 9.10. The molecule has 86 valence electrons. The van der Waals surface area contributed by atoms with Gasteiger partial charge in [-0.3, -0.25) is 0 Å². The standard InChI is InChI=1S/C10H8BrNO2.C2H6/c1-14-10(13)6-2-3-7-8(11)5-12-9(7)4-6;1-2/h2-5,12H,1H3;1-2H3. The maximum Gasteiger partial charge on any atom is 0.337 e. The molecule has 0 amide bonds. The van der Waals surface area contributed by atoms with Gasteiger partial charge in [0.25, 0.3) is 0 Å².